The molecule has 1 heterocycles. The standard InChI is InChI=1S/C31H49NO4/c1-18(17-32-20(3)33)7-10-27-19(2)29-28(36-27)16-26-24-9-8-22-15-23(35-21(4)34)11-13-30(22,5)25(24)12-14-31(26,29)6/h18,22-26,28-29H,7-17H2,1-6H3,(H,32,33)/t18-,22+,23-,24-,25-,26-,28+,29-,30+,31+/m1/s1. The molecule has 1 amide bonds. The van der Waals surface area contributed by atoms with E-state index in [1.54, 1.807) is 13.8 Å². The summed E-state index contributed by atoms with van der Waals surface area (Å²) in [6.07, 6.45) is 12.4. The Kier molecular flexibility index (Phi) is 7.00. The van der Waals surface area contributed by atoms with E-state index in [0.717, 1.165) is 50.0 Å². The zero-order chi connectivity index (χ0) is 25.8. The summed E-state index contributed by atoms with van der Waals surface area (Å²) in [6.45, 7) is 13.6. The lowest BCUT2D eigenvalue weighted by atomic mass is 9.44. The third-order valence-electron chi connectivity index (χ3n) is 11.7. The summed E-state index contributed by atoms with van der Waals surface area (Å²) in [6, 6.07) is 0. The molecular formula is C31H49NO4. The van der Waals surface area contributed by atoms with E-state index in [1.165, 1.54) is 49.9 Å². The van der Waals surface area contributed by atoms with Crippen LogP contribution in [0.1, 0.15) is 106 Å². The number of ether oxygens (including phenoxy) is 2. The molecule has 5 nitrogen and oxygen atoms in total. The number of fused-ring (bicyclic) bond motifs is 7. The van der Waals surface area contributed by atoms with Crippen molar-refractivity contribution in [2.45, 2.75) is 118 Å². The number of carbonyl (C=O) groups excluding carboxylic acids is 2. The van der Waals surface area contributed by atoms with E-state index in [-0.39, 0.29) is 18.0 Å². The molecule has 1 N–H and O–H groups in total. The van der Waals surface area contributed by atoms with Crippen LogP contribution in [0.25, 0.3) is 0 Å². The van der Waals surface area contributed by atoms with E-state index >= 15 is 0 Å². The van der Waals surface area contributed by atoms with Gasteiger partial charge in [-0.2, -0.15) is 0 Å². The van der Waals surface area contributed by atoms with Crippen LogP contribution in [-0.4, -0.2) is 30.6 Å². The van der Waals surface area contributed by atoms with Crippen molar-refractivity contribution in [3.8, 4) is 0 Å². The van der Waals surface area contributed by atoms with E-state index in [9.17, 15) is 9.59 Å². The van der Waals surface area contributed by atoms with Crippen molar-refractivity contribution >= 4 is 11.9 Å². The fourth-order valence-corrected chi connectivity index (χ4v) is 9.94. The molecule has 4 aliphatic carbocycles. The number of hydrogen-bond acceptors (Lipinski definition) is 4. The van der Waals surface area contributed by atoms with Crippen molar-refractivity contribution in [2.24, 2.45) is 46.3 Å². The first-order chi connectivity index (χ1) is 17.0. The average Bonchev–Trinajstić information content (AvgIpc) is 3.29. The predicted octanol–water partition coefficient (Wildman–Crippen LogP) is 6.41. The van der Waals surface area contributed by atoms with Gasteiger partial charge in [-0.25, -0.2) is 0 Å². The van der Waals surface area contributed by atoms with Crippen molar-refractivity contribution in [3.05, 3.63) is 11.3 Å². The van der Waals surface area contributed by atoms with Crippen LogP contribution in [0.4, 0.5) is 0 Å². The quantitative estimate of drug-likeness (QED) is 0.429. The lowest BCUT2D eigenvalue weighted by Gasteiger charge is -2.61. The molecule has 0 spiro atoms. The highest BCUT2D eigenvalue weighted by molar-refractivity contribution is 5.72. The summed E-state index contributed by atoms with van der Waals surface area (Å²) in [7, 11) is 0. The van der Waals surface area contributed by atoms with Gasteiger partial charge in [0.15, 0.2) is 0 Å². The summed E-state index contributed by atoms with van der Waals surface area (Å²) in [5.74, 6) is 5.32. The average molecular weight is 500 g/mol. The number of allylic oxidation sites excluding steroid dienone is 1. The molecule has 5 heteroatoms. The summed E-state index contributed by atoms with van der Waals surface area (Å²) < 4.78 is 12.4. The Bertz CT molecular complexity index is 912. The van der Waals surface area contributed by atoms with Gasteiger partial charge in [0.2, 0.25) is 5.91 Å². The van der Waals surface area contributed by atoms with E-state index in [4.69, 9.17) is 9.47 Å². The molecule has 10 atom stereocenters. The molecular weight excluding hydrogens is 450 g/mol. The molecule has 5 aliphatic rings. The molecule has 5 rings (SSSR count). The third kappa shape index (κ3) is 4.41. The van der Waals surface area contributed by atoms with Crippen molar-refractivity contribution in [1.82, 2.24) is 5.32 Å². The largest absolute Gasteiger partial charge is 0.494 e. The fourth-order valence-electron chi connectivity index (χ4n) is 9.94. The maximum atomic E-state index is 11.6. The van der Waals surface area contributed by atoms with Crippen molar-refractivity contribution in [2.75, 3.05) is 6.54 Å². The third-order valence-corrected chi connectivity index (χ3v) is 11.7. The maximum Gasteiger partial charge on any atom is 0.302 e. The second-order valence-electron chi connectivity index (χ2n) is 13.8. The molecule has 0 radical (unpaired) electrons. The molecule has 202 valence electrons. The highest BCUT2D eigenvalue weighted by Crippen LogP contribution is 2.69. The number of carbonyl (C=O) groups is 2. The molecule has 0 unspecified atom stereocenters. The molecule has 0 bridgehead atoms. The first-order valence-electron chi connectivity index (χ1n) is 14.8. The lowest BCUT2D eigenvalue weighted by molar-refractivity contribution is -0.159. The molecule has 1 aliphatic heterocycles. The molecule has 0 aromatic heterocycles. The van der Waals surface area contributed by atoms with Crippen LogP contribution in [-0.2, 0) is 19.1 Å². The number of hydrogen-bond donors (Lipinski definition) is 1. The molecule has 36 heavy (non-hydrogen) atoms. The van der Waals surface area contributed by atoms with Gasteiger partial charge >= 0.3 is 5.97 Å². The second-order valence-corrected chi connectivity index (χ2v) is 13.8. The lowest BCUT2D eigenvalue weighted by Crippen LogP contribution is -2.54. The van der Waals surface area contributed by atoms with Crippen LogP contribution in [0.5, 0.6) is 0 Å². The fraction of sp³-hybridized carbons (Fsp3) is 0.871. The Hall–Kier alpha value is -1.52. The number of rotatable bonds is 6. The minimum atomic E-state index is -0.117. The van der Waals surface area contributed by atoms with Gasteiger partial charge in [0.1, 0.15) is 12.2 Å². The van der Waals surface area contributed by atoms with Gasteiger partial charge < -0.3 is 14.8 Å². The molecule has 0 aromatic rings. The zero-order valence-corrected chi connectivity index (χ0v) is 23.5. The normalized spacial score (nSPS) is 44.0. The molecule has 0 aromatic carbocycles. The highest BCUT2D eigenvalue weighted by Gasteiger charge is 2.64. The SMILES string of the molecule is CC(=O)NC[C@H](C)CCC1=C(C)[C@@H]2[C@H](C[C@@H]3[C@@H]4CC[C@H]5C[C@H](OC(C)=O)CC[C@]5(C)[C@@H]4CC[C@@]32C)O1. The molecule has 4 saturated carbocycles. The Morgan fingerprint density at radius 1 is 1.06 bits per heavy atom. The van der Waals surface area contributed by atoms with Gasteiger partial charge in [-0.1, -0.05) is 20.8 Å². The van der Waals surface area contributed by atoms with Crippen LogP contribution >= 0.6 is 0 Å². The highest BCUT2D eigenvalue weighted by atomic mass is 16.5. The van der Waals surface area contributed by atoms with E-state index < -0.39 is 0 Å². The number of esters is 1. The first kappa shape index (κ1) is 26.1. The number of nitrogens with one attached hydrogen (secondary N) is 1. The van der Waals surface area contributed by atoms with Gasteiger partial charge in [-0.05, 0) is 111 Å². The number of amides is 1. The van der Waals surface area contributed by atoms with Gasteiger partial charge in [-0.15, -0.1) is 0 Å². The second kappa shape index (κ2) is 9.66. The zero-order valence-electron chi connectivity index (χ0n) is 23.5. The summed E-state index contributed by atoms with van der Waals surface area (Å²) in [5.41, 5.74) is 2.29. The topological polar surface area (TPSA) is 64.6 Å². The van der Waals surface area contributed by atoms with Crippen LogP contribution < -0.4 is 5.32 Å². The van der Waals surface area contributed by atoms with Crippen LogP contribution in [0.2, 0.25) is 0 Å². The van der Waals surface area contributed by atoms with Gasteiger partial charge in [0.25, 0.3) is 0 Å². The Morgan fingerprint density at radius 3 is 2.53 bits per heavy atom. The summed E-state index contributed by atoms with van der Waals surface area (Å²) in [5, 5.41) is 2.96. The van der Waals surface area contributed by atoms with Crippen LogP contribution in [0, 0.1) is 46.3 Å². The van der Waals surface area contributed by atoms with Crippen molar-refractivity contribution < 1.29 is 19.1 Å². The minimum absolute atomic E-state index is 0.0544. The van der Waals surface area contributed by atoms with E-state index in [2.05, 4.69) is 33.0 Å². The van der Waals surface area contributed by atoms with Gasteiger partial charge in [-0.3, -0.25) is 9.59 Å². The first-order valence-corrected chi connectivity index (χ1v) is 14.8. The van der Waals surface area contributed by atoms with Crippen molar-refractivity contribution in [1.29, 1.82) is 0 Å². The monoisotopic (exact) mass is 499 g/mol. The Morgan fingerprint density at radius 2 is 1.81 bits per heavy atom. The Labute approximate surface area is 218 Å². The molecule has 4 fully saturated rings. The minimum Gasteiger partial charge on any atom is -0.494 e. The van der Waals surface area contributed by atoms with Gasteiger partial charge in [0, 0.05) is 32.7 Å². The van der Waals surface area contributed by atoms with E-state index in [0.29, 0.717) is 34.7 Å². The van der Waals surface area contributed by atoms with E-state index in [1.807, 2.05) is 0 Å². The molecule has 0 saturated heterocycles. The van der Waals surface area contributed by atoms with Crippen LogP contribution in [0.3, 0.4) is 0 Å². The summed E-state index contributed by atoms with van der Waals surface area (Å²) >= 11 is 0. The van der Waals surface area contributed by atoms with Crippen LogP contribution in [0.15, 0.2) is 11.3 Å². The smallest absolute Gasteiger partial charge is 0.302 e. The predicted molar refractivity (Wildman–Crippen MR) is 141 cm³/mol. The maximum absolute atomic E-state index is 11.6. The summed E-state index contributed by atoms with van der Waals surface area (Å²) in [4.78, 5) is 22.8. The van der Waals surface area contributed by atoms with Crippen molar-refractivity contribution in [3.63, 3.8) is 0 Å². The Balaban J connectivity index is 1.26. The van der Waals surface area contributed by atoms with Gasteiger partial charge in [0.05, 0.1) is 5.76 Å².